The summed E-state index contributed by atoms with van der Waals surface area (Å²) in [6, 6.07) is 27.0. The van der Waals surface area contributed by atoms with Crippen molar-refractivity contribution < 1.29 is 14.3 Å². The number of amides is 2. The number of nitrogens with one attached hydrogen (secondary N) is 1. The quantitative estimate of drug-likeness (QED) is 0.424. The fraction of sp³-hybridized carbons (Fsp3) is 0.310. The van der Waals surface area contributed by atoms with E-state index in [0.717, 1.165) is 29.7 Å². The van der Waals surface area contributed by atoms with Crippen molar-refractivity contribution in [3.8, 4) is 5.75 Å². The minimum Gasteiger partial charge on any atom is -0.497 e. The van der Waals surface area contributed by atoms with Crippen LogP contribution in [0.5, 0.6) is 5.75 Å². The van der Waals surface area contributed by atoms with Gasteiger partial charge in [0.1, 0.15) is 11.8 Å². The second kappa shape index (κ2) is 13.2. The summed E-state index contributed by atoms with van der Waals surface area (Å²) in [5, 5.41) is 3.08. The minimum atomic E-state index is -0.598. The summed E-state index contributed by atoms with van der Waals surface area (Å²) >= 11 is 0. The number of ether oxygens (including phenoxy) is 1. The summed E-state index contributed by atoms with van der Waals surface area (Å²) in [7, 11) is 1.63. The van der Waals surface area contributed by atoms with Crippen LogP contribution in [0.25, 0.3) is 0 Å². The van der Waals surface area contributed by atoms with Gasteiger partial charge >= 0.3 is 0 Å². The highest BCUT2D eigenvalue weighted by atomic mass is 16.5. The predicted molar refractivity (Wildman–Crippen MR) is 136 cm³/mol. The molecule has 3 aromatic rings. The molecule has 0 bridgehead atoms. The Kier molecular flexibility index (Phi) is 9.71. The van der Waals surface area contributed by atoms with Crippen LogP contribution in [0.2, 0.25) is 0 Å². The normalized spacial score (nSPS) is 11.5. The van der Waals surface area contributed by atoms with Gasteiger partial charge in [-0.15, -0.1) is 0 Å². The number of methoxy groups -OCH3 is 1. The third-order valence-corrected chi connectivity index (χ3v) is 5.80. The zero-order chi connectivity index (χ0) is 24.2. The molecule has 1 atom stereocenters. The van der Waals surface area contributed by atoms with Crippen molar-refractivity contribution in [1.29, 1.82) is 0 Å². The molecule has 0 aliphatic carbocycles. The second-order valence-electron chi connectivity index (χ2n) is 8.35. The maximum Gasteiger partial charge on any atom is 0.243 e. The van der Waals surface area contributed by atoms with Gasteiger partial charge in [0, 0.05) is 25.9 Å². The van der Waals surface area contributed by atoms with E-state index < -0.39 is 6.04 Å². The Labute approximate surface area is 202 Å². The summed E-state index contributed by atoms with van der Waals surface area (Å²) in [6.07, 6.45) is 2.33. The molecule has 0 aliphatic rings. The first-order valence-electron chi connectivity index (χ1n) is 11.9. The Morgan fingerprint density at radius 2 is 1.47 bits per heavy atom. The van der Waals surface area contributed by atoms with E-state index in [1.54, 1.807) is 12.0 Å². The maximum absolute atomic E-state index is 13.5. The molecule has 0 saturated carbocycles. The molecular formula is C29H34N2O3. The minimum absolute atomic E-state index is 0.0162. The lowest BCUT2D eigenvalue weighted by Gasteiger charge is -2.31. The molecule has 0 unspecified atom stereocenters. The highest BCUT2D eigenvalue weighted by molar-refractivity contribution is 5.88. The van der Waals surface area contributed by atoms with Crippen molar-refractivity contribution in [1.82, 2.24) is 10.2 Å². The summed E-state index contributed by atoms with van der Waals surface area (Å²) in [5.74, 6) is 0.616. The van der Waals surface area contributed by atoms with Crippen LogP contribution in [-0.4, -0.2) is 36.4 Å². The van der Waals surface area contributed by atoms with Crippen LogP contribution in [0.3, 0.4) is 0 Å². The number of hydrogen-bond donors (Lipinski definition) is 1. The average molecular weight is 459 g/mol. The standard InChI is InChI=1S/C29H34N2O3/c1-3-10-28(32)31(22-25-15-17-26(34-2)18-16-25)27(21-24-13-8-5-9-14-24)29(33)30-20-19-23-11-6-4-7-12-23/h4-9,11-18,27H,3,10,19-22H2,1-2H3,(H,30,33)/t27-/m1/s1. The van der Waals surface area contributed by atoms with Crippen LogP contribution < -0.4 is 10.1 Å². The van der Waals surface area contributed by atoms with Gasteiger partial charge in [-0.2, -0.15) is 0 Å². The van der Waals surface area contributed by atoms with Gasteiger partial charge in [-0.05, 0) is 41.7 Å². The number of benzene rings is 3. The van der Waals surface area contributed by atoms with Crippen LogP contribution in [0.1, 0.15) is 36.5 Å². The smallest absolute Gasteiger partial charge is 0.243 e. The SMILES string of the molecule is CCCC(=O)N(Cc1ccc(OC)cc1)[C@H](Cc1ccccc1)C(=O)NCCc1ccccc1. The van der Waals surface area contributed by atoms with E-state index in [4.69, 9.17) is 4.74 Å². The maximum atomic E-state index is 13.5. The predicted octanol–water partition coefficient (Wildman–Crippen LogP) is 4.79. The molecule has 0 radical (unpaired) electrons. The van der Waals surface area contributed by atoms with Gasteiger partial charge in [0.05, 0.1) is 7.11 Å². The lowest BCUT2D eigenvalue weighted by atomic mass is 10.0. The topological polar surface area (TPSA) is 58.6 Å². The molecule has 0 aromatic heterocycles. The number of rotatable bonds is 12. The van der Waals surface area contributed by atoms with Crippen LogP contribution >= 0.6 is 0 Å². The summed E-state index contributed by atoms with van der Waals surface area (Å²) in [5.41, 5.74) is 3.15. The molecule has 0 saturated heterocycles. The van der Waals surface area contributed by atoms with Crippen LogP contribution in [0.15, 0.2) is 84.9 Å². The third kappa shape index (κ3) is 7.48. The second-order valence-corrected chi connectivity index (χ2v) is 8.35. The summed E-state index contributed by atoms with van der Waals surface area (Å²) in [6.45, 7) is 2.87. The van der Waals surface area contributed by atoms with E-state index in [9.17, 15) is 9.59 Å². The molecule has 178 valence electrons. The molecule has 0 heterocycles. The van der Waals surface area contributed by atoms with Gasteiger partial charge in [0.25, 0.3) is 0 Å². The fourth-order valence-electron chi connectivity index (χ4n) is 3.93. The number of nitrogens with zero attached hydrogens (tertiary/aromatic N) is 1. The largest absolute Gasteiger partial charge is 0.497 e. The van der Waals surface area contributed by atoms with E-state index >= 15 is 0 Å². The Morgan fingerprint density at radius 3 is 2.06 bits per heavy atom. The van der Waals surface area contributed by atoms with Gasteiger partial charge in [0.15, 0.2) is 0 Å². The molecule has 1 N–H and O–H groups in total. The van der Waals surface area contributed by atoms with Crippen molar-refractivity contribution in [2.45, 2.75) is 45.2 Å². The molecule has 34 heavy (non-hydrogen) atoms. The Balaban J connectivity index is 1.81. The van der Waals surface area contributed by atoms with Gasteiger partial charge in [0.2, 0.25) is 11.8 Å². The highest BCUT2D eigenvalue weighted by Gasteiger charge is 2.29. The number of carbonyl (C=O) groups is 2. The fourth-order valence-corrected chi connectivity index (χ4v) is 3.93. The number of hydrogen-bond acceptors (Lipinski definition) is 3. The molecular weight excluding hydrogens is 424 g/mol. The summed E-state index contributed by atoms with van der Waals surface area (Å²) in [4.78, 5) is 28.4. The van der Waals surface area contributed by atoms with E-state index in [1.165, 1.54) is 5.56 Å². The van der Waals surface area contributed by atoms with E-state index in [2.05, 4.69) is 5.32 Å². The first-order valence-corrected chi connectivity index (χ1v) is 11.9. The monoisotopic (exact) mass is 458 g/mol. The lowest BCUT2D eigenvalue weighted by Crippen LogP contribution is -2.50. The van der Waals surface area contributed by atoms with Crippen molar-refractivity contribution >= 4 is 11.8 Å². The van der Waals surface area contributed by atoms with Gasteiger partial charge < -0.3 is 15.0 Å². The Morgan fingerprint density at radius 1 is 0.853 bits per heavy atom. The van der Waals surface area contributed by atoms with Crippen LogP contribution in [0, 0.1) is 0 Å². The molecule has 3 rings (SSSR count). The third-order valence-electron chi connectivity index (χ3n) is 5.80. The average Bonchev–Trinajstić information content (AvgIpc) is 2.88. The molecule has 5 heteroatoms. The highest BCUT2D eigenvalue weighted by Crippen LogP contribution is 2.18. The van der Waals surface area contributed by atoms with Crippen molar-refractivity contribution in [3.05, 3.63) is 102 Å². The Hall–Kier alpha value is -3.60. The lowest BCUT2D eigenvalue weighted by molar-refractivity contribution is -0.141. The van der Waals surface area contributed by atoms with Crippen LogP contribution in [0.4, 0.5) is 0 Å². The zero-order valence-electron chi connectivity index (χ0n) is 20.1. The molecule has 0 fully saturated rings. The van der Waals surface area contributed by atoms with Crippen molar-refractivity contribution in [3.63, 3.8) is 0 Å². The van der Waals surface area contributed by atoms with E-state index in [0.29, 0.717) is 25.9 Å². The molecule has 2 amide bonds. The first-order chi connectivity index (χ1) is 16.6. The van der Waals surface area contributed by atoms with Crippen molar-refractivity contribution in [2.75, 3.05) is 13.7 Å². The van der Waals surface area contributed by atoms with E-state index in [1.807, 2.05) is 91.9 Å². The Bertz CT molecular complexity index is 1020. The number of carbonyl (C=O) groups excluding carboxylic acids is 2. The first kappa shape index (κ1) is 25.0. The van der Waals surface area contributed by atoms with E-state index in [-0.39, 0.29) is 11.8 Å². The summed E-state index contributed by atoms with van der Waals surface area (Å²) < 4.78 is 5.26. The molecule has 0 spiro atoms. The molecule has 0 aliphatic heterocycles. The van der Waals surface area contributed by atoms with Crippen molar-refractivity contribution in [2.24, 2.45) is 0 Å². The van der Waals surface area contributed by atoms with Gasteiger partial charge in [-0.3, -0.25) is 9.59 Å². The molecule has 3 aromatic carbocycles. The zero-order valence-corrected chi connectivity index (χ0v) is 20.1. The molecule has 5 nitrogen and oxygen atoms in total. The van der Waals surface area contributed by atoms with Gasteiger partial charge in [-0.1, -0.05) is 79.7 Å². The van der Waals surface area contributed by atoms with Gasteiger partial charge in [-0.25, -0.2) is 0 Å². The van der Waals surface area contributed by atoms with Crippen LogP contribution in [-0.2, 0) is 29.0 Å².